The minimum Gasteiger partial charge on any atom is -0.452 e. The van der Waals surface area contributed by atoms with Crippen molar-refractivity contribution in [2.45, 2.75) is 38.3 Å². The smallest absolute Gasteiger partial charge is 0.387 e. The van der Waals surface area contributed by atoms with Gasteiger partial charge in [0.25, 0.3) is 11.8 Å². The summed E-state index contributed by atoms with van der Waals surface area (Å²) in [7, 11) is 0. The number of para-hydroxylation sites is 2. The predicted octanol–water partition coefficient (Wildman–Crippen LogP) is 3.76. The summed E-state index contributed by atoms with van der Waals surface area (Å²) in [6.45, 7) is -3.77. The largest absolute Gasteiger partial charge is 0.452 e. The quantitative estimate of drug-likeness (QED) is 0.620. The topological polar surface area (TPSA) is 93.7 Å². The summed E-state index contributed by atoms with van der Waals surface area (Å²) < 4.78 is 34.2. The lowest BCUT2D eigenvalue weighted by Crippen LogP contribution is -2.33. The van der Waals surface area contributed by atoms with Crippen LogP contribution in [0, 0.1) is 0 Å². The molecule has 0 aromatic heterocycles. The third-order valence-corrected chi connectivity index (χ3v) is 4.79. The van der Waals surface area contributed by atoms with Gasteiger partial charge in [0, 0.05) is 6.04 Å². The van der Waals surface area contributed by atoms with Gasteiger partial charge in [0.2, 0.25) is 0 Å². The number of hydrogen-bond acceptors (Lipinski definition) is 5. The van der Waals surface area contributed by atoms with Gasteiger partial charge < -0.3 is 20.1 Å². The molecule has 1 aliphatic rings. The van der Waals surface area contributed by atoms with Crippen LogP contribution in [0.25, 0.3) is 0 Å². The van der Waals surface area contributed by atoms with Crippen molar-refractivity contribution in [3.63, 3.8) is 0 Å². The molecule has 0 saturated heterocycles. The number of carbonyl (C=O) groups is 3. The lowest BCUT2D eigenvalue weighted by molar-refractivity contribution is -0.119. The fraction of sp³-hybridized carbons (Fsp3) is 0.318. The van der Waals surface area contributed by atoms with Gasteiger partial charge in [-0.05, 0) is 37.1 Å². The van der Waals surface area contributed by atoms with Gasteiger partial charge in [-0.15, -0.1) is 0 Å². The first-order chi connectivity index (χ1) is 14.9. The van der Waals surface area contributed by atoms with Gasteiger partial charge >= 0.3 is 12.6 Å². The highest BCUT2D eigenvalue weighted by atomic mass is 19.3. The summed E-state index contributed by atoms with van der Waals surface area (Å²) in [4.78, 5) is 37.0. The average molecular weight is 432 g/mol. The van der Waals surface area contributed by atoms with Crippen LogP contribution in [0.4, 0.5) is 14.5 Å². The molecule has 2 aromatic rings. The lowest BCUT2D eigenvalue weighted by atomic mass is 10.1. The minimum absolute atomic E-state index is 0.118. The van der Waals surface area contributed by atoms with E-state index in [2.05, 4.69) is 15.4 Å². The highest BCUT2D eigenvalue weighted by Gasteiger charge is 2.21. The fourth-order valence-electron chi connectivity index (χ4n) is 3.35. The number of nitrogens with one attached hydrogen (secondary N) is 2. The van der Waals surface area contributed by atoms with Gasteiger partial charge in [-0.3, -0.25) is 9.59 Å². The number of alkyl halides is 2. The van der Waals surface area contributed by atoms with E-state index in [1.54, 1.807) is 24.3 Å². The van der Waals surface area contributed by atoms with Crippen molar-refractivity contribution in [3.8, 4) is 5.75 Å². The van der Waals surface area contributed by atoms with Gasteiger partial charge in [0.15, 0.2) is 6.61 Å². The van der Waals surface area contributed by atoms with Gasteiger partial charge in [-0.25, -0.2) is 4.79 Å². The summed E-state index contributed by atoms with van der Waals surface area (Å²) >= 11 is 0. The Balaban J connectivity index is 1.59. The molecule has 0 atom stereocenters. The van der Waals surface area contributed by atoms with E-state index in [0.717, 1.165) is 25.7 Å². The molecule has 9 heteroatoms. The van der Waals surface area contributed by atoms with Crippen LogP contribution < -0.4 is 15.4 Å². The molecule has 0 aliphatic heterocycles. The van der Waals surface area contributed by atoms with Crippen LogP contribution >= 0.6 is 0 Å². The Kier molecular flexibility index (Phi) is 7.53. The summed E-state index contributed by atoms with van der Waals surface area (Å²) in [5.41, 5.74) is 0.345. The van der Waals surface area contributed by atoms with Crippen molar-refractivity contribution >= 4 is 23.5 Å². The molecule has 0 unspecified atom stereocenters. The first kappa shape index (κ1) is 22.2. The summed E-state index contributed by atoms with van der Waals surface area (Å²) in [5.74, 6) is -2.31. The number of benzene rings is 2. The molecular formula is C22H22F2N2O5. The van der Waals surface area contributed by atoms with E-state index in [0.29, 0.717) is 5.56 Å². The highest BCUT2D eigenvalue weighted by molar-refractivity contribution is 6.04. The van der Waals surface area contributed by atoms with Crippen LogP contribution in [0.15, 0.2) is 48.5 Å². The molecule has 0 heterocycles. The Morgan fingerprint density at radius 1 is 0.968 bits per heavy atom. The standard InChI is InChI=1S/C22H22F2N2O5/c23-22(24)31-18-12-6-4-10-16(18)21(29)30-13-19(27)26-17-11-5-3-9-15(17)20(28)25-14-7-1-2-8-14/h3-6,9-12,14,22H,1-2,7-8,13H2,(H,25,28)(H,26,27). The number of amides is 2. The van der Waals surface area contributed by atoms with Crippen molar-refractivity contribution in [1.29, 1.82) is 0 Å². The third kappa shape index (κ3) is 6.24. The monoisotopic (exact) mass is 432 g/mol. The molecule has 164 valence electrons. The predicted molar refractivity (Wildman–Crippen MR) is 108 cm³/mol. The molecule has 2 N–H and O–H groups in total. The molecule has 2 aromatic carbocycles. The van der Waals surface area contributed by atoms with Crippen LogP contribution in [0.3, 0.4) is 0 Å². The molecule has 31 heavy (non-hydrogen) atoms. The van der Waals surface area contributed by atoms with Crippen LogP contribution in [0.1, 0.15) is 46.4 Å². The molecule has 7 nitrogen and oxygen atoms in total. The molecule has 0 spiro atoms. The van der Waals surface area contributed by atoms with E-state index in [4.69, 9.17) is 4.74 Å². The minimum atomic E-state index is -3.11. The molecule has 2 amide bonds. The first-order valence-corrected chi connectivity index (χ1v) is 9.84. The molecule has 1 saturated carbocycles. The zero-order valence-corrected chi connectivity index (χ0v) is 16.6. The van der Waals surface area contributed by atoms with E-state index < -0.39 is 25.1 Å². The first-order valence-electron chi connectivity index (χ1n) is 9.84. The van der Waals surface area contributed by atoms with Crippen molar-refractivity contribution in [1.82, 2.24) is 5.32 Å². The maximum Gasteiger partial charge on any atom is 0.387 e. The summed E-state index contributed by atoms with van der Waals surface area (Å²) in [6.07, 6.45) is 3.99. The Hall–Kier alpha value is -3.49. The SMILES string of the molecule is O=C(COC(=O)c1ccccc1OC(F)F)Nc1ccccc1C(=O)NC1CCCC1. The number of esters is 1. The Labute approximate surface area is 177 Å². The molecular weight excluding hydrogens is 410 g/mol. The third-order valence-electron chi connectivity index (χ3n) is 4.79. The van der Waals surface area contributed by atoms with E-state index in [1.165, 1.54) is 24.3 Å². The van der Waals surface area contributed by atoms with Gasteiger partial charge in [0.1, 0.15) is 11.3 Å². The number of halogens is 2. The van der Waals surface area contributed by atoms with Gasteiger partial charge in [0.05, 0.1) is 11.3 Å². The number of rotatable bonds is 8. The normalized spacial score (nSPS) is 13.6. The lowest BCUT2D eigenvalue weighted by Gasteiger charge is -2.15. The number of anilines is 1. The average Bonchev–Trinajstić information content (AvgIpc) is 3.25. The zero-order chi connectivity index (χ0) is 22.2. The molecule has 1 fully saturated rings. The van der Waals surface area contributed by atoms with Crippen molar-refractivity contribution in [3.05, 3.63) is 59.7 Å². The van der Waals surface area contributed by atoms with Crippen LogP contribution in [-0.4, -0.2) is 37.0 Å². The molecule has 0 radical (unpaired) electrons. The van der Waals surface area contributed by atoms with E-state index >= 15 is 0 Å². The second-order valence-corrected chi connectivity index (χ2v) is 7.00. The van der Waals surface area contributed by atoms with E-state index in [1.807, 2.05) is 0 Å². The van der Waals surface area contributed by atoms with Crippen molar-refractivity contribution in [2.75, 3.05) is 11.9 Å². The van der Waals surface area contributed by atoms with Gasteiger partial charge in [-0.1, -0.05) is 37.1 Å². The number of hydrogen-bond donors (Lipinski definition) is 2. The van der Waals surface area contributed by atoms with E-state index in [9.17, 15) is 23.2 Å². The van der Waals surface area contributed by atoms with Crippen LogP contribution in [-0.2, 0) is 9.53 Å². The summed E-state index contributed by atoms with van der Waals surface area (Å²) in [6, 6.07) is 11.9. The van der Waals surface area contributed by atoms with E-state index in [-0.39, 0.29) is 28.9 Å². The van der Waals surface area contributed by atoms with Crippen molar-refractivity contribution in [2.24, 2.45) is 0 Å². The Bertz CT molecular complexity index is 945. The zero-order valence-electron chi connectivity index (χ0n) is 16.6. The summed E-state index contributed by atoms with van der Waals surface area (Å²) in [5, 5.41) is 5.49. The second kappa shape index (κ2) is 10.5. The molecule has 0 bridgehead atoms. The van der Waals surface area contributed by atoms with Crippen LogP contribution in [0.2, 0.25) is 0 Å². The molecule has 3 rings (SSSR count). The molecule has 1 aliphatic carbocycles. The van der Waals surface area contributed by atoms with Crippen molar-refractivity contribution < 1.29 is 32.6 Å². The second-order valence-electron chi connectivity index (χ2n) is 7.00. The maximum absolute atomic E-state index is 12.6. The maximum atomic E-state index is 12.6. The highest BCUT2D eigenvalue weighted by Crippen LogP contribution is 2.22. The Morgan fingerprint density at radius 2 is 1.61 bits per heavy atom. The fourth-order valence-corrected chi connectivity index (χ4v) is 3.35. The number of carbonyl (C=O) groups excluding carboxylic acids is 3. The van der Waals surface area contributed by atoms with Crippen LogP contribution in [0.5, 0.6) is 5.75 Å². The number of ether oxygens (including phenoxy) is 2. The van der Waals surface area contributed by atoms with Gasteiger partial charge in [-0.2, -0.15) is 8.78 Å². The Morgan fingerprint density at radius 3 is 2.32 bits per heavy atom.